The van der Waals surface area contributed by atoms with Crippen LogP contribution in [0.5, 0.6) is 0 Å². The maximum Gasteiger partial charge on any atom is 0.315 e. The molecule has 0 aromatic rings. The van der Waals surface area contributed by atoms with Crippen LogP contribution in [0.3, 0.4) is 0 Å². The number of nitriles is 1. The number of carbonyl (C=O) groups excluding carboxylic acids is 2. The van der Waals surface area contributed by atoms with Gasteiger partial charge in [0.25, 0.3) is 0 Å². The molecule has 4 aliphatic rings. The summed E-state index contributed by atoms with van der Waals surface area (Å²) < 4.78 is 29.5. The fourth-order valence-electron chi connectivity index (χ4n) is 5.69. The number of amides is 3. The van der Waals surface area contributed by atoms with E-state index in [1.165, 1.54) is 17.7 Å². The second-order valence-corrected chi connectivity index (χ2v) is 10.1. The Morgan fingerprint density at radius 1 is 1.26 bits per heavy atom. The number of piperidine rings is 1. The first-order chi connectivity index (χ1) is 14.6. The standard InChI is InChI=1S/C22H33F2N5O2/c1-2-5-22(23,24)12-16(18(30)27-21(13-25)6-7-21)17-20(14-29(17)19(26)31)8-10-28(11-9-20)15-3-4-15/h15-17H,2-12,14H2,1H3,(H2,26,31)(H,27,30)/t16-,17?/m0/s1. The fourth-order valence-corrected chi connectivity index (χ4v) is 5.69. The number of hydrogen-bond donors (Lipinski definition) is 2. The summed E-state index contributed by atoms with van der Waals surface area (Å²) in [5.74, 6) is -4.65. The van der Waals surface area contributed by atoms with Gasteiger partial charge in [-0.3, -0.25) is 4.79 Å². The molecule has 3 N–H and O–H groups in total. The lowest BCUT2D eigenvalue weighted by Crippen LogP contribution is -2.73. The number of urea groups is 1. The van der Waals surface area contributed by atoms with Gasteiger partial charge in [0.05, 0.1) is 18.0 Å². The SMILES string of the molecule is CCCC(F)(F)C[C@H](C(=O)NC1(C#N)CC1)C1N(C(N)=O)CC12CCN(C1CC1)CC2. The molecule has 1 unspecified atom stereocenters. The molecule has 2 aliphatic heterocycles. The summed E-state index contributed by atoms with van der Waals surface area (Å²) >= 11 is 0. The molecule has 4 fully saturated rings. The summed E-state index contributed by atoms with van der Waals surface area (Å²) in [6.07, 6.45) is 4.35. The second kappa shape index (κ2) is 7.88. The molecule has 2 saturated heterocycles. The molecule has 0 bridgehead atoms. The maximum absolute atomic E-state index is 14.8. The number of alkyl halides is 2. The molecule has 9 heteroatoms. The van der Waals surface area contributed by atoms with Crippen molar-refractivity contribution in [2.24, 2.45) is 17.1 Å². The zero-order chi connectivity index (χ0) is 22.4. The number of carbonyl (C=O) groups is 2. The first-order valence-electron chi connectivity index (χ1n) is 11.6. The van der Waals surface area contributed by atoms with Crippen LogP contribution in [0.4, 0.5) is 13.6 Å². The lowest BCUT2D eigenvalue weighted by Gasteiger charge is -2.62. The van der Waals surface area contributed by atoms with E-state index < -0.39 is 41.8 Å². The van der Waals surface area contributed by atoms with Crippen molar-refractivity contribution in [3.8, 4) is 6.07 Å². The van der Waals surface area contributed by atoms with Gasteiger partial charge in [-0.05, 0) is 51.6 Å². The molecule has 2 aliphatic carbocycles. The normalized spacial score (nSPS) is 27.8. The van der Waals surface area contributed by atoms with Gasteiger partial charge >= 0.3 is 6.03 Å². The van der Waals surface area contributed by atoms with Crippen molar-refractivity contribution in [2.45, 2.75) is 88.3 Å². The van der Waals surface area contributed by atoms with E-state index in [0.717, 1.165) is 25.9 Å². The maximum atomic E-state index is 14.8. The molecule has 31 heavy (non-hydrogen) atoms. The van der Waals surface area contributed by atoms with Crippen LogP contribution in [0.15, 0.2) is 0 Å². The molecular weight excluding hydrogens is 404 g/mol. The highest BCUT2D eigenvalue weighted by atomic mass is 19.3. The topological polar surface area (TPSA) is 102 Å². The minimum atomic E-state index is -3.02. The Labute approximate surface area is 182 Å². The lowest BCUT2D eigenvalue weighted by molar-refractivity contribution is -0.153. The second-order valence-electron chi connectivity index (χ2n) is 10.1. The summed E-state index contributed by atoms with van der Waals surface area (Å²) in [7, 11) is 0. The predicted molar refractivity (Wildman–Crippen MR) is 110 cm³/mol. The van der Waals surface area contributed by atoms with Crippen LogP contribution in [0, 0.1) is 22.7 Å². The number of likely N-dealkylation sites (tertiary alicyclic amines) is 2. The molecule has 0 aromatic carbocycles. The zero-order valence-electron chi connectivity index (χ0n) is 18.2. The molecule has 1 spiro atoms. The van der Waals surface area contributed by atoms with Gasteiger partial charge in [-0.1, -0.05) is 13.3 Å². The zero-order valence-corrected chi connectivity index (χ0v) is 18.2. The Balaban J connectivity index is 1.58. The summed E-state index contributed by atoms with van der Waals surface area (Å²) in [4.78, 5) is 29.2. The van der Waals surface area contributed by atoms with Crippen molar-refractivity contribution in [3.05, 3.63) is 0 Å². The molecule has 4 rings (SSSR count). The molecule has 7 nitrogen and oxygen atoms in total. The molecular formula is C22H33F2N5O2. The van der Waals surface area contributed by atoms with E-state index in [1.54, 1.807) is 6.92 Å². The van der Waals surface area contributed by atoms with Crippen LogP contribution in [-0.4, -0.2) is 64.9 Å². The van der Waals surface area contributed by atoms with Crippen LogP contribution in [0.2, 0.25) is 0 Å². The number of hydrogen-bond acceptors (Lipinski definition) is 4. The number of primary amides is 1. The molecule has 2 atom stereocenters. The first kappa shape index (κ1) is 22.3. The van der Waals surface area contributed by atoms with Gasteiger partial charge in [0, 0.05) is 30.8 Å². The summed E-state index contributed by atoms with van der Waals surface area (Å²) in [5.41, 5.74) is 4.28. The van der Waals surface area contributed by atoms with E-state index in [4.69, 9.17) is 5.73 Å². The third kappa shape index (κ3) is 4.36. The fraction of sp³-hybridized carbons (Fsp3) is 0.864. The average Bonchev–Trinajstić information content (AvgIpc) is 3.61. The highest BCUT2D eigenvalue weighted by molar-refractivity contribution is 5.83. The van der Waals surface area contributed by atoms with Crippen LogP contribution in [-0.2, 0) is 4.79 Å². The number of rotatable bonds is 8. The third-order valence-electron chi connectivity index (χ3n) is 7.77. The van der Waals surface area contributed by atoms with Crippen LogP contribution in [0.1, 0.15) is 64.7 Å². The molecule has 0 aromatic heterocycles. The molecule has 2 heterocycles. The number of nitrogens with one attached hydrogen (secondary N) is 1. The largest absolute Gasteiger partial charge is 0.351 e. The predicted octanol–water partition coefficient (Wildman–Crippen LogP) is 2.61. The molecule has 172 valence electrons. The Morgan fingerprint density at radius 3 is 2.39 bits per heavy atom. The van der Waals surface area contributed by atoms with E-state index >= 15 is 0 Å². The Hall–Kier alpha value is -1.95. The van der Waals surface area contributed by atoms with Crippen LogP contribution in [0.25, 0.3) is 0 Å². The monoisotopic (exact) mass is 437 g/mol. The number of nitrogens with zero attached hydrogens (tertiary/aromatic N) is 3. The van der Waals surface area contributed by atoms with Crippen molar-refractivity contribution in [3.63, 3.8) is 0 Å². The molecule has 3 amide bonds. The van der Waals surface area contributed by atoms with Crippen molar-refractivity contribution < 1.29 is 18.4 Å². The number of halogens is 2. The van der Waals surface area contributed by atoms with E-state index in [2.05, 4.69) is 16.3 Å². The quantitative estimate of drug-likeness (QED) is 0.609. The Kier molecular flexibility index (Phi) is 5.65. The summed E-state index contributed by atoms with van der Waals surface area (Å²) in [6.45, 7) is 3.81. The Morgan fingerprint density at radius 2 is 1.90 bits per heavy atom. The highest BCUT2D eigenvalue weighted by Gasteiger charge is 2.61. The molecule has 0 radical (unpaired) electrons. The van der Waals surface area contributed by atoms with Crippen molar-refractivity contribution in [2.75, 3.05) is 19.6 Å². The Bertz CT molecular complexity index is 766. The van der Waals surface area contributed by atoms with Gasteiger partial charge in [-0.15, -0.1) is 0 Å². The van der Waals surface area contributed by atoms with Gasteiger partial charge in [-0.25, -0.2) is 13.6 Å². The summed E-state index contributed by atoms with van der Waals surface area (Å²) in [6, 6.07) is 1.41. The van der Waals surface area contributed by atoms with E-state index in [1.807, 2.05) is 0 Å². The average molecular weight is 438 g/mol. The molecule has 2 saturated carbocycles. The van der Waals surface area contributed by atoms with Gasteiger partial charge in [0.2, 0.25) is 11.8 Å². The van der Waals surface area contributed by atoms with Gasteiger partial charge in [0.15, 0.2) is 0 Å². The first-order valence-corrected chi connectivity index (χ1v) is 11.6. The van der Waals surface area contributed by atoms with Crippen molar-refractivity contribution in [1.29, 1.82) is 5.26 Å². The van der Waals surface area contributed by atoms with Crippen LogP contribution >= 0.6 is 0 Å². The lowest BCUT2D eigenvalue weighted by atomic mass is 9.60. The van der Waals surface area contributed by atoms with Crippen molar-refractivity contribution >= 4 is 11.9 Å². The van der Waals surface area contributed by atoms with E-state index in [0.29, 0.717) is 31.8 Å². The van der Waals surface area contributed by atoms with Crippen LogP contribution < -0.4 is 11.1 Å². The number of nitrogens with two attached hydrogens (primary N) is 1. The highest BCUT2D eigenvalue weighted by Crippen LogP contribution is 2.52. The van der Waals surface area contributed by atoms with E-state index in [-0.39, 0.29) is 11.8 Å². The minimum absolute atomic E-state index is 0.301. The minimum Gasteiger partial charge on any atom is -0.351 e. The third-order valence-corrected chi connectivity index (χ3v) is 7.77. The van der Waals surface area contributed by atoms with Gasteiger partial charge in [0.1, 0.15) is 5.54 Å². The van der Waals surface area contributed by atoms with Crippen molar-refractivity contribution in [1.82, 2.24) is 15.1 Å². The van der Waals surface area contributed by atoms with E-state index in [9.17, 15) is 23.6 Å². The summed E-state index contributed by atoms with van der Waals surface area (Å²) in [5, 5.41) is 12.1. The van der Waals surface area contributed by atoms with Gasteiger partial charge in [-0.2, -0.15) is 5.26 Å². The van der Waals surface area contributed by atoms with Gasteiger partial charge < -0.3 is 20.9 Å². The smallest absolute Gasteiger partial charge is 0.315 e.